The second-order valence-corrected chi connectivity index (χ2v) is 10.2. The monoisotopic (exact) mass is 556 g/mol. The summed E-state index contributed by atoms with van der Waals surface area (Å²) in [6.45, 7) is 5.56. The van der Waals surface area contributed by atoms with Gasteiger partial charge in [-0.1, -0.05) is 42.2 Å². The molecule has 2 aromatic carbocycles. The number of nitrogen functional groups attached to an aromatic ring is 1. The van der Waals surface area contributed by atoms with Crippen molar-refractivity contribution in [3.05, 3.63) is 117 Å². The van der Waals surface area contributed by atoms with E-state index in [1.165, 1.54) is 0 Å². The number of anilines is 1. The zero-order chi connectivity index (χ0) is 29.5. The predicted octanol–water partition coefficient (Wildman–Crippen LogP) is 3.86. The number of nitrogens with two attached hydrogens (primary N) is 1. The van der Waals surface area contributed by atoms with Gasteiger partial charge in [-0.3, -0.25) is 18.8 Å². The van der Waals surface area contributed by atoms with Gasteiger partial charge in [-0.25, -0.2) is 9.50 Å². The SMILES string of the molecule is Cc1cc(C)n2nc(N)c(C(=O)NC(C)c3cc4cccc(C#Cc5cnn(C)c5)c4c(=O)n3-c3ccccc3)c2n1. The van der Waals surface area contributed by atoms with Crippen LogP contribution >= 0.6 is 0 Å². The highest BCUT2D eigenvalue weighted by Crippen LogP contribution is 2.25. The average molecular weight is 557 g/mol. The number of hydrogen-bond donors (Lipinski definition) is 2. The number of aromatic nitrogens is 6. The summed E-state index contributed by atoms with van der Waals surface area (Å²) in [6, 6.07) is 18.1. The van der Waals surface area contributed by atoms with Crippen molar-refractivity contribution >= 4 is 28.1 Å². The molecule has 4 aromatic heterocycles. The van der Waals surface area contributed by atoms with E-state index in [2.05, 4.69) is 32.3 Å². The third-order valence-electron chi connectivity index (χ3n) is 7.08. The van der Waals surface area contributed by atoms with Gasteiger partial charge in [-0.15, -0.1) is 5.10 Å². The summed E-state index contributed by atoms with van der Waals surface area (Å²) >= 11 is 0. The minimum atomic E-state index is -0.583. The first-order valence-corrected chi connectivity index (χ1v) is 13.4. The lowest BCUT2D eigenvalue weighted by atomic mass is 10.0. The third kappa shape index (κ3) is 4.67. The van der Waals surface area contributed by atoms with Crippen molar-refractivity contribution < 1.29 is 4.79 Å². The maximum atomic E-state index is 14.2. The molecule has 0 saturated carbocycles. The number of pyridine rings is 1. The van der Waals surface area contributed by atoms with Gasteiger partial charge >= 0.3 is 0 Å². The molecule has 0 radical (unpaired) electrons. The molecule has 208 valence electrons. The third-order valence-corrected chi connectivity index (χ3v) is 7.08. The van der Waals surface area contributed by atoms with E-state index >= 15 is 0 Å². The highest BCUT2D eigenvalue weighted by Gasteiger charge is 2.24. The summed E-state index contributed by atoms with van der Waals surface area (Å²) in [5, 5.41) is 12.7. The molecule has 0 spiro atoms. The molecule has 0 fully saturated rings. The van der Waals surface area contributed by atoms with Crippen LogP contribution < -0.4 is 16.6 Å². The molecule has 0 bridgehead atoms. The van der Waals surface area contributed by atoms with E-state index in [1.54, 1.807) is 20.0 Å². The molecule has 1 amide bonds. The van der Waals surface area contributed by atoms with Crippen molar-refractivity contribution in [2.45, 2.75) is 26.8 Å². The predicted molar refractivity (Wildman–Crippen MR) is 161 cm³/mol. The molecule has 10 heteroatoms. The molecular formula is C32H28N8O2. The number of hydrogen-bond acceptors (Lipinski definition) is 6. The van der Waals surface area contributed by atoms with Gasteiger partial charge in [0.15, 0.2) is 11.5 Å². The first-order chi connectivity index (χ1) is 20.2. The van der Waals surface area contributed by atoms with Crippen LogP contribution in [-0.2, 0) is 7.05 Å². The fraction of sp³-hybridized carbons (Fsp3) is 0.156. The topological polar surface area (TPSA) is 125 Å². The Kier molecular flexibility index (Phi) is 6.55. The fourth-order valence-electron chi connectivity index (χ4n) is 5.17. The van der Waals surface area contributed by atoms with E-state index in [1.807, 2.05) is 94.7 Å². The van der Waals surface area contributed by atoms with Crippen molar-refractivity contribution in [1.29, 1.82) is 0 Å². The molecule has 6 aromatic rings. The van der Waals surface area contributed by atoms with E-state index in [9.17, 15) is 9.59 Å². The molecular weight excluding hydrogens is 528 g/mol. The lowest BCUT2D eigenvalue weighted by Crippen LogP contribution is -2.32. The van der Waals surface area contributed by atoms with E-state index in [0.717, 1.165) is 17.0 Å². The van der Waals surface area contributed by atoms with Crippen LogP contribution in [-0.4, -0.2) is 34.9 Å². The highest BCUT2D eigenvalue weighted by molar-refractivity contribution is 6.04. The Hall–Kier alpha value is -5.69. The first-order valence-electron chi connectivity index (χ1n) is 13.4. The summed E-state index contributed by atoms with van der Waals surface area (Å²) in [5.74, 6) is 5.90. The molecule has 0 saturated heterocycles. The number of carbonyl (C=O) groups excluding carboxylic acids is 1. The van der Waals surface area contributed by atoms with Gasteiger partial charge in [-0.2, -0.15) is 5.10 Å². The zero-order valence-electron chi connectivity index (χ0n) is 23.6. The van der Waals surface area contributed by atoms with Crippen LogP contribution in [0.2, 0.25) is 0 Å². The largest absolute Gasteiger partial charge is 0.381 e. The van der Waals surface area contributed by atoms with Crippen LogP contribution in [0.3, 0.4) is 0 Å². The summed E-state index contributed by atoms with van der Waals surface area (Å²) in [5.41, 5.74) is 10.7. The number of amides is 1. The maximum Gasteiger partial charge on any atom is 0.264 e. The molecule has 10 nitrogen and oxygen atoms in total. The Bertz CT molecular complexity index is 2130. The molecule has 6 rings (SSSR count). The maximum absolute atomic E-state index is 14.2. The Morgan fingerprint density at radius 3 is 2.57 bits per heavy atom. The fourth-order valence-corrected chi connectivity index (χ4v) is 5.17. The Balaban J connectivity index is 1.47. The van der Waals surface area contributed by atoms with Gasteiger partial charge < -0.3 is 11.1 Å². The smallest absolute Gasteiger partial charge is 0.264 e. The quantitative estimate of drug-likeness (QED) is 0.318. The Morgan fingerprint density at radius 1 is 1.05 bits per heavy atom. The van der Waals surface area contributed by atoms with Gasteiger partial charge in [0.2, 0.25) is 0 Å². The van der Waals surface area contributed by atoms with Crippen LogP contribution in [0.25, 0.3) is 22.1 Å². The second-order valence-electron chi connectivity index (χ2n) is 10.2. The first kappa shape index (κ1) is 26.5. The number of para-hydroxylation sites is 1. The van der Waals surface area contributed by atoms with Crippen molar-refractivity contribution in [3.63, 3.8) is 0 Å². The van der Waals surface area contributed by atoms with Crippen LogP contribution in [0.1, 0.15) is 51.5 Å². The van der Waals surface area contributed by atoms with Crippen molar-refractivity contribution in [1.82, 2.24) is 34.3 Å². The number of rotatable bonds is 4. The standard InChI is InChI=1S/C32H28N8O2/c1-19-15-20(2)40-30(35-19)28(29(33)37-40)31(41)36-21(3)26-16-24-10-8-9-23(14-13-22-17-34-38(4)18-22)27(24)32(42)39(26)25-11-6-5-7-12-25/h5-12,15-18,21H,1-4H3,(H2,33,37)(H,36,41). The normalized spacial score (nSPS) is 11.8. The lowest BCUT2D eigenvalue weighted by molar-refractivity contribution is 0.0941. The number of carbonyl (C=O) groups is 1. The number of benzene rings is 2. The minimum Gasteiger partial charge on any atom is -0.381 e. The van der Waals surface area contributed by atoms with Gasteiger partial charge in [0.25, 0.3) is 11.5 Å². The van der Waals surface area contributed by atoms with Gasteiger partial charge in [-0.05, 0) is 56.5 Å². The summed E-state index contributed by atoms with van der Waals surface area (Å²) < 4.78 is 4.86. The molecule has 3 N–H and O–H groups in total. The lowest BCUT2D eigenvalue weighted by Gasteiger charge is -2.21. The van der Waals surface area contributed by atoms with E-state index in [0.29, 0.717) is 33.4 Å². The van der Waals surface area contributed by atoms with Crippen LogP contribution in [0.4, 0.5) is 5.82 Å². The van der Waals surface area contributed by atoms with Crippen molar-refractivity contribution in [3.8, 4) is 17.5 Å². The van der Waals surface area contributed by atoms with Gasteiger partial charge in [0.1, 0.15) is 5.56 Å². The van der Waals surface area contributed by atoms with E-state index < -0.39 is 11.9 Å². The molecule has 1 unspecified atom stereocenters. The molecule has 0 aliphatic carbocycles. The van der Waals surface area contributed by atoms with Gasteiger partial charge in [0.05, 0.1) is 23.2 Å². The van der Waals surface area contributed by atoms with Crippen LogP contribution in [0.15, 0.2) is 77.9 Å². The van der Waals surface area contributed by atoms with Crippen LogP contribution in [0, 0.1) is 25.7 Å². The van der Waals surface area contributed by atoms with Gasteiger partial charge in [0, 0.05) is 41.6 Å². The summed E-state index contributed by atoms with van der Waals surface area (Å²) in [4.78, 5) is 32.4. The van der Waals surface area contributed by atoms with E-state index in [-0.39, 0.29) is 16.9 Å². The Morgan fingerprint density at radius 2 is 1.83 bits per heavy atom. The number of nitrogens with one attached hydrogen (secondary N) is 1. The molecule has 0 aliphatic rings. The molecule has 1 atom stereocenters. The number of nitrogens with zero attached hydrogens (tertiary/aromatic N) is 6. The summed E-state index contributed by atoms with van der Waals surface area (Å²) in [7, 11) is 1.83. The average Bonchev–Trinajstić information content (AvgIpc) is 3.53. The minimum absolute atomic E-state index is 0.0803. The molecule has 4 heterocycles. The number of aryl methyl sites for hydroxylation is 3. The molecule has 42 heavy (non-hydrogen) atoms. The second kappa shape index (κ2) is 10.4. The highest BCUT2D eigenvalue weighted by atomic mass is 16.2. The van der Waals surface area contributed by atoms with Crippen molar-refractivity contribution in [2.75, 3.05) is 5.73 Å². The summed E-state index contributed by atoms with van der Waals surface area (Å²) in [6.07, 6.45) is 3.50. The van der Waals surface area contributed by atoms with Crippen molar-refractivity contribution in [2.24, 2.45) is 7.05 Å². The van der Waals surface area contributed by atoms with Crippen LogP contribution in [0.5, 0.6) is 0 Å². The van der Waals surface area contributed by atoms with E-state index in [4.69, 9.17) is 5.73 Å². The zero-order valence-corrected chi connectivity index (χ0v) is 23.6. The number of fused-ring (bicyclic) bond motifs is 2. The Labute approximate surface area is 241 Å². The molecule has 0 aliphatic heterocycles.